The fourth-order valence-electron chi connectivity index (χ4n) is 4.38. The zero-order chi connectivity index (χ0) is 22.5. The first-order valence-corrected chi connectivity index (χ1v) is 11.1. The lowest BCUT2D eigenvalue weighted by Crippen LogP contribution is -2.37. The summed E-state index contributed by atoms with van der Waals surface area (Å²) in [7, 11) is 0. The van der Waals surface area contributed by atoms with Crippen molar-refractivity contribution in [3.05, 3.63) is 53.6 Å². The second-order valence-corrected chi connectivity index (χ2v) is 8.58. The van der Waals surface area contributed by atoms with Crippen molar-refractivity contribution >= 4 is 29.1 Å². The maximum absolute atomic E-state index is 12.7. The molecule has 1 atom stereocenters. The van der Waals surface area contributed by atoms with Crippen molar-refractivity contribution < 1.29 is 14.7 Å². The van der Waals surface area contributed by atoms with E-state index in [0.29, 0.717) is 12.3 Å². The highest BCUT2D eigenvalue weighted by Crippen LogP contribution is 2.40. The number of carboxylic acids is 1. The molecule has 3 N–H and O–H groups in total. The van der Waals surface area contributed by atoms with Gasteiger partial charge in [-0.15, -0.1) is 0 Å². The molecule has 2 amide bonds. The number of primary amides is 1. The van der Waals surface area contributed by atoms with Gasteiger partial charge in [0.05, 0.1) is 23.5 Å². The third kappa shape index (κ3) is 5.19. The van der Waals surface area contributed by atoms with Crippen molar-refractivity contribution in [2.75, 3.05) is 22.9 Å². The van der Waals surface area contributed by atoms with E-state index < -0.39 is 12.0 Å². The molecule has 31 heavy (non-hydrogen) atoms. The van der Waals surface area contributed by atoms with Crippen molar-refractivity contribution in [3.63, 3.8) is 0 Å². The first-order valence-electron chi connectivity index (χ1n) is 11.1. The third-order valence-corrected chi connectivity index (χ3v) is 6.33. The molecule has 1 saturated heterocycles. The lowest BCUT2D eigenvalue weighted by molar-refractivity contribution is -0.137. The number of rotatable bonds is 7. The Morgan fingerprint density at radius 3 is 2.42 bits per heavy atom. The summed E-state index contributed by atoms with van der Waals surface area (Å²) in [6.45, 7) is 8.04. The number of piperidine rings is 1. The van der Waals surface area contributed by atoms with Crippen LogP contribution < -0.4 is 15.5 Å². The lowest BCUT2D eigenvalue weighted by atomic mass is 9.91. The van der Waals surface area contributed by atoms with Gasteiger partial charge in [0, 0.05) is 13.1 Å². The zero-order valence-corrected chi connectivity index (χ0v) is 18.7. The summed E-state index contributed by atoms with van der Waals surface area (Å²) in [6, 6.07) is 13.1. The molecule has 0 spiro atoms. The molecule has 6 nitrogen and oxygen atoms in total. The number of carbonyl (C=O) groups excluding carboxylic acids is 1. The highest BCUT2D eigenvalue weighted by molar-refractivity contribution is 6.02. The van der Waals surface area contributed by atoms with Crippen LogP contribution >= 0.6 is 0 Å². The highest BCUT2D eigenvalue weighted by atomic mass is 16.4. The monoisotopic (exact) mass is 423 g/mol. The Kier molecular flexibility index (Phi) is 7.21. The number of aryl methyl sites for hydroxylation is 1. The van der Waals surface area contributed by atoms with Gasteiger partial charge in [0.2, 0.25) is 0 Å². The highest BCUT2D eigenvalue weighted by Gasteiger charge is 2.26. The molecule has 1 aliphatic rings. The Bertz CT molecular complexity index is 935. The van der Waals surface area contributed by atoms with Gasteiger partial charge in [-0.05, 0) is 67.3 Å². The minimum Gasteiger partial charge on any atom is -0.481 e. The van der Waals surface area contributed by atoms with Crippen LogP contribution in [0.25, 0.3) is 0 Å². The number of nitrogens with two attached hydrogens (primary N) is 1. The normalized spacial score (nSPS) is 15.5. The summed E-state index contributed by atoms with van der Waals surface area (Å²) in [5.74, 6) is -0.269. The largest absolute Gasteiger partial charge is 0.481 e. The van der Waals surface area contributed by atoms with Crippen LogP contribution in [0.2, 0.25) is 0 Å². The van der Waals surface area contributed by atoms with Crippen LogP contribution in [0.3, 0.4) is 0 Å². The van der Waals surface area contributed by atoms with Crippen molar-refractivity contribution in [1.29, 1.82) is 0 Å². The molecule has 1 unspecified atom stereocenters. The average Bonchev–Trinajstić information content (AvgIpc) is 2.74. The van der Waals surface area contributed by atoms with Crippen LogP contribution in [0.1, 0.15) is 56.6 Å². The van der Waals surface area contributed by atoms with Gasteiger partial charge >= 0.3 is 12.0 Å². The smallest absolute Gasteiger partial charge is 0.323 e. The number of hydrogen-bond donors (Lipinski definition) is 2. The number of benzene rings is 2. The van der Waals surface area contributed by atoms with Crippen LogP contribution in [-0.2, 0) is 4.79 Å². The van der Waals surface area contributed by atoms with Crippen LogP contribution in [0.4, 0.5) is 21.9 Å². The Balaban J connectivity index is 2.14. The predicted molar refractivity (Wildman–Crippen MR) is 125 cm³/mol. The first-order chi connectivity index (χ1) is 14.8. The fraction of sp³-hybridized carbons (Fsp3) is 0.440. The number of aliphatic carboxylic acids is 1. The van der Waals surface area contributed by atoms with E-state index in [9.17, 15) is 14.7 Å². The average molecular weight is 424 g/mol. The summed E-state index contributed by atoms with van der Waals surface area (Å²) in [6.07, 6.45) is 2.95. The number of nitrogens with zero attached hydrogens (tertiary/aromatic N) is 2. The number of urea groups is 1. The van der Waals surface area contributed by atoms with Gasteiger partial charge in [-0.2, -0.15) is 0 Å². The maximum Gasteiger partial charge on any atom is 0.323 e. The minimum atomic E-state index is -0.826. The number of hydrogen-bond acceptors (Lipinski definition) is 3. The van der Waals surface area contributed by atoms with Gasteiger partial charge in [-0.1, -0.05) is 38.1 Å². The van der Waals surface area contributed by atoms with Gasteiger partial charge in [-0.25, -0.2) is 4.79 Å². The van der Waals surface area contributed by atoms with Crippen molar-refractivity contribution in [2.45, 2.75) is 52.4 Å². The van der Waals surface area contributed by atoms with Crippen molar-refractivity contribution in [1.82, 2.24) is 0 Å². The quantitative estimate of drug-likeness (QED) is 0.623. The second-order valence-electron chi connectivity index (χ2n) is 8.58. The molecule has 166 valence electrons. The van der Waals surface area contributed by atoms with E-state index in [-0.39, 0.29) is 12.3 Å². The Morgan fingerprint density at radius 2 is 1.84 bits per heavy atom. The molecule has 1 fully saturated rings. The van der Waals surface area contributed by atoms with Crippen LogP contribution in [0, 0.1) is 12.8 Å². The number of anilines is 3. The van der Waals surface area contributed by atoms with Crippen molar-refractivity contribution in [3.8, 4) is 0 Å². The van der Waals surface area contributed by atoms with Gasteiger partial charge in [0.25, 0.3) is 0 Å². The molecule has 1 aliphatic heterocycles. The van der Waals surface area contributed by atoms with Crippen LogP contribution in [0.15, 0.2) is 42.5 Å². The molecule has 1 heterocycles. The maximum atomic E-state index is 12.7. The number of carboxylic acid groups (broad SMARTS) is 1. The SMILES string of the molecule is CCC(CC(=O)O)c1ccc(N2CCC(C)CC2)c(N(C(N)=O)c2ccccc2C)c1. The van der Waals surface area contributed by atoms with E-state index in [1.165, 1.54) is 0 Å². The molecule has 0 radical (unpaired) electrons. The molecule has 3 rings (SSSR count). The van der Waals surface area contributed by atoms with Crippen LogP contribution in [-0.4, -0.2) is 30.2 Å². The van der Waals surface area contributed by atoms with Gasteiger partial charge < -0.3 is 15.7 Å². The lowest BCUT2D eigenvalue weighted by Gasteiger charge is -2.36. The van der Waals surface area contributed by atoms with E-state index in [2.05, 4.69) is 11.8 Å². The standard InChI is InChI=1S/C25H33N3O3/c1-4-19(16-24(29)30)20-9-10-22(27-13-11-17(2)12-14-27)23(15-20)28(25(26)31)21-8-6-5-7-18(21)3/h5-10,15,17,19H,4,11-14,16H2,1-3H3,(H2,26,31)(H,29,30). The number of para-hydroxylation sites is 1. The minimum absolute atomic E-state index is 0.0530. The van der Waals surface area contributed by atoms with Crippen molar-refractivity contribution in [2.24, 2.45) is 11.7 Å². The summed E-state index contributed by atoms with van der Waals surface area (Å²) in [4.78, 5) is 28.0. The second kappa shape index (κ2) is 9.86. The zero-order valence-electron chi connectivity index (χ0n) is 18.7. The molecule has 6 heteroatoms. The van der Waals surface area contributed by atoms with E-state index in [0.717, 1.165) is 54.1 Å². The summed E-state index contributed by atoms with van der Waals surface area (Å²) < 4.78 is 0. The number of amides is 2. The third-order valence-electron chi connectivity index (χ3n) is 6.33. The molecular formula is C25H33N3O3. The van der Waals surface area contributed by atoms with E-state index >= 15 is 0 Å². The predicted octanol–water partition coefficient (Wildman–Crippen LogP) is 5.42. The van der Waals surface area contributed by atoms with E-state index in [4.69, 9.17) is 5.73 Å². The van der Waals surface area contributed by atoms with Gasteiger partial charge in [-0.3, -0.25) is 9.69 Å². The molecule has 0 saturated carbocycles. The summed E-state index contributed by atoms with van der Waals surface area (Å²) in [5, 5.41) is 9.35. The molecule has 2 aromatic carbocycles. The Labute approximate surface area is 184 Å². The fourth-order valence-corrected chi connectivity index (χ4v) is 4.38. The molecule has 0 bridgehead atoms. The Morgan fingerprint density at radius 1 is 1.16 bits per heavy atom. The summed E-state index contributed by atoms with van der Waals surface area (Å²) in [5.41, 5.74) is 10.2. The van der Waals surface area contributed by atoms with E-state index in [1.54, 1.807) is 4.90 Å². The topological polar surface area (TPSA) is 86.9 Å². The molecule has 0 aliphatic carbocycles. The summed E-state index contributed by atoms with van der Waals surface area (Å²) >= 11 is 0. The molecular weight excluding hydrogens is 390 g/mol. The number of carbonyl (C=O) groups is 2. The Hall–Kier alpha value is -3.02. The van der Waals surface area contributed by atoms with E-state index in [1.807, 2.05) is 56.3 Å². The van der Waals surface area contributed by atoms with Crippen LogP contribution in [0.5, 0.6) is 0 Å². The first kappa shape index (κ1) is 22.7. The molecule has 0 aromatic heterocycles. The van der Waals surface area contributed by atoms with Gasteiger partial charge in [0.1, 0.15) is 0 Å². The van der Waals surface area contributed by atoms with Gasteiger partial charge in [0.15, 0.2) is 0 Å². The molecule has 2 aromatic rings.